The van der Waals surface area contributed by atoms with Crippen molar-refractivity contribution in [1.29, 1.82) is 0 Å². The number of nitrogens with zero attached hydrogens (tertiary/aromatic N) is 2. The highest BCUT2D eigenvalue weighted by Gasteiger charge is 2.45. The maximum atomic E-state index is 14.5. The molecule has 0 aromatic heterocycles. The number of halogens is 2. The molecular weight excluding hydrogens is 343 g/mol. The van der Waals surface area contributed by atoms with Crippen LogP contribution in [0.5, 0.6) is 0 Å². The molecule has 0 unspecified atom stereocenters. The first kappa shape index (κ1) is 18.1. The number of carbonyl (C=O) groups is 2. The largest absolute Gasteiger partial charge is 0.294 e. The highest BCUT2D eigenvalue weighted by molar-refractivity contribution is 6.31. The van der Waals surface area contributed by atoms with Gasteiger partial charge in [0.2, 0.25) is 5.91 Å². The van der Waals surface area contributed by atoms with Gasteiger partial charge in [-0.25, -0.2) is 14.4 Å². The second-order valence-corrected chi connectivity index (χ2v) is 8.15. The molecule has 0 saturated carbocycles. The molecule has 1 aromatic rings. The van der Waals surface area contributed by atoms with E-state index < -0.39 is 11.7 Å². The van der Waals surface area contributed by atoms with Gasteiger partial charge < -0.3 is 0 Å². The number of hydrogen-bond donors (Lipinski definition) is 0. The summed E-state index contributed by atoms with van der Waals surface area (Å²) in [6, 6.07) is 4.45. The number of hydrazine groups is 1. The Balaban J connectivity index is 2.23. The minimum atomic E-state index is -0.629. The number of carbonyl (C=O) groups excluding carboxylic acids is 2. The van der Waals surface area contributed by atoms with Crippen LogP contribution in [0, 0.1) is 11.2 Å². The van der Waals surface area contributed by atoms with E-state index in [1.54, 1.807) is 30.2 Å². The Morgan fingerprint density at radius 1 is 1.24 bits per heavy atom. The lowest BCUT2D eigenvalue weighted by Gasteiger charge is -2.44. The average molecular weight is 365 g/mol. The van der Waals surface area contributed by atoms with Crippen molar-refractivity contribution in [3.8, 4) is 0 Å². The maximum absolute atomic E-state index is 14.5. The summed E-state index contributed by atoms with van der Waals surface area (Å²) >= 11 is 6.24. The molecule has 3 rings (SSSR count). The zero-order valence-electron chi connectivity index (χ0n) is 14.9. The van der Waals surface area contributed by atoms with E-state index in [9.17, 15) is 14.0 Å². The molecule has 1 aliphatic carbocycles. The van der Waals surface area contributed by atoms with Gasteiger partial charge in [-0.05, 0) is 24.0 Å². The van der Waals surface area contributed by atoms with E-state index in [1.165, 1.54) is 12.1 Å². The van der Waals surface area contributed by atoms with Crippen molar-refractivity contribution in [2.45, 2.75) is 39.0 Å². The van der Waals surface area contributed by atoms with Gasteiger partial charge in [0.25, 0.3) is 0 Å². The number of amides is 1. The van der Waals surface area contributed by atoms with E-state index in [2.05, 4.69) is 0 Å². The van der Waals surface area contributed by atoms with Gasteiger partial charge in [0.05, 0.1) is 0 Å². The molecule has 2 aliphatic rings. The van der Waals surface area contributed by atoms with Crippen LogP contribution in [-0.2, 0) is 9.59 Å². The van der Waals surface area contributed by atoms with Gasteiger partial charge >= 0.3 is 0 Å². The first-order valence-electron chi connectivity index (χ1n) is 8.33. The summed E-state index contributed by atoms with van der Waals surface area (Å²) in [4.78, 5) is 25.7. The van der Waals surface area contributed by atoms with Crippen molar-refractivity contribution in [1.82, 2.24) is 10.0 Å². The summed E-state index contributed by atoms with van der Waals surface area (Å²) in [5.74, 6) is -1.29. The average Bonchev–Trinajstić information content (AvgIpc) is 2.44. The molecule has 134 valence electrons. The molecule has 0 spiro atoms. The molecule has 0 radical (unpaired) electrons. The van der Waals surface area contributed by atoms with Gasteiger partial charge in [0.1, 0.15) is 5.82 Å². The molecule has 4 nitrogen and oxygen atoms in total. The third-order valence-electron chi connectivity index (χ3n) is 4.86. The molecule has 0 saturated heterocycles. The molecule has 1 heterocycles. The molecule has 0 N–H and O–H groups in total. The van der Waals surface area contributed by atoms with Crippen LogP contribution in [0.15, 0.2) is 29.5 Å². The minimum absolute atomic E-state index is 0.0316. The lowest BCUT2D eigenvalue weighted by molar-refractivity contribution is -0.143. The van der Waals surface area contributed by atoms with Crippen LogP contribution in [-0.4, -0.2) is 35.8 Å². The van der Waals surface area contributed by atoms with Crippen LogP contribution in [0.3, 0.4) is 0 Å². The monoisotopic (exact) mass is 364 g/mol. The Kier molecular flexibility index (Phi) is 4.50. The summed E-state index contributed by atoms with van der Waals surface area (Å²) in [7, 11) is 3.54. The molecule has 1 aliphatic heterocycles. The number of allylic oxidation sites excluding steroid dienone is 2. The number of rotatable bonds is 2. The van der Waals surface area contributed by atoms with Crippen molar-refractivity contribution in [3.05, 3.63) is 45.9 Å². The summed E-state index contributed by atoms with van der Waals surface area (Å²) in [5, 5.41) is 3.49. The number of benzene rings is 1. The van der Waals surface area contributed by atoms with E-state index in [4.69, 9.17) is 11.6 Å². The summed E-state index contributed by atoms with van der Waals surface area (Å²) in [5.41, 5.74) is 1.20. The highest BCUT2D eigenvalue weighted by atomic mass is 35.5. The zero-order chi connectivity index (χ0) is 18.5. The standard InChI is InChI=1S/C19H22ClFN2O2/c1-19(2)9-14-18(15(24)10-19)11(8-16(25)23(14)22(3)4)17-12(20)6-5-7-13(17)21/h5-7,11H,8-10H2,1-4H3/t11-/m0/s1. The van der Waals surface area contributed by atoms with Crippen LogP contribution >= 0.6 is 11.6 Å². The third kappa shape index (κ3) is 3.11. The summed E-state index contributed by atoms with van der Waals surface area (Å²) in [6.07, 6.45) is 0.994. The fraction of sp³-hybridized carbons (Fsp3) is 0.474. The molecule has 6 heteroatoms. The zero-order valence-corrected chi connectivity index (χ0v) is 15.7. The molecule has 1 aromatic carbocycles. The highest BCUT2D eigenvalue weighted by Crippen LogP contribution is 2.48. The van der Waals surface area contributed by atoms with Crippen molar-refractivity contribution >= 4 is 23.3 Å². The van der Waals surface area contributed by atoms with Gasteiger partial charge in [-0.15, -0.1) is 0 Å². The Bertz CT molecular complexity index is 765. The Morgan fingerprint density at radius 2 is 1.92 bits per heavy atom. The van der Waals surface area contributed by atoms with Crippen molar-refractivity contribution in [3.63, 3.8) is 0 Å². The van der Waals surface area contributed by atoms with Gasteiger partial charge in [0, 0.05) is 54.7 Å². The normalized spacial score (nSPS) is 23.3. The van der Waals surface area contributed by atoms with Crippen LogP contribution < -0.4 is 0 Å². The number of hydrogen-bond acceptors (Lipinski definition) is 3. The molecule has 1 atom stereocenters. The lowest BCUT2D eigenvalue weighted by atomic mass is 9.69. The lowest BCUT2D eigenvalue weighted by Crippen LogP contribution is -2.49. The molecule has 1 amide bonds. The number of ketones is 1. The van der Waals surface area contributed by atoms with Crippen molar-refractivity contribution < 1.29 is 14.0 Å². The molecular formula is C19H22ClFN2O2. The maximum Gasteiger partial charge on any atom is 0.242 e. The molecule has 0 fully saturated rings. The van der Waals surface area contributed by atoms with E-state index >= 15 is 0 Å². The van der Waals surface area contributed by atoms with Gasteiger partial charge in [-0.3, -0.25) is 9.59 Å². The topological polar surface area (TPSA) is 40.6 Å². The second kappa shape index (κ2) is 6.22. The first-order valence-corrected chi connectivity index (χ1v) is 8.70. The molecule has 25 heavy (non-hydrogen) atoms. The van der Waals surface area contributed by atoms with E-state index in [-0.39, 0.29) is 34.1 Å². The quantitative estimate of drug-likeness (QED) is 0.798. The van der Waals surface area contributed by atoms with Crippen LogP contribution in [0.2, 0.25) is 5.02 Å². The Morgan fingerprint density at radius 3 is 2.52 bits per heavy atom. The van der Waals surface area contributed by atoms with E-state index in [0.29, 0.717) is 24.1 Å². The van der Waals surface area contributed by atoms with Crippen LogP contribution in [0.4, 0.5) is 4.39 Å². The number of Topliss-reactive ketones (excluding diaryl/α,β-unsaturated/α-hetero) is 1. The van der Waals surface area contributed by atoms with Crippen molar-refractivity contribution in [2.75, 3.05) is 14.1 Å². The summed E-state index contributed by atoms with van der Waals surface area (Å²) in [6.45, 7) is 4.01. The van der Waals surface area contributed by atoms with E-state index in [0.717, 1.165) is 0 Å². The van der Waals surface area contributed by atoms with Gasteiger partial charge in [-0.2, -0.15) is 0 Å². The van der Waals surface area contributed by atoms with Crippen LogP contribution in [0.25, 0.3) is 0 Å². The second-order valence-electron chi connectivity index (χ2n) is 7.75. The fourth-order valence-electron chi connectivity index (χ4n) is 3.95. The Labute approximate surface area is 152 Å². The van der Waals surface area contributed by atoms with Gasteiger partial charge in [-0.1, -0.05) is 31.5 Å². The smallest absolute Gasteiger partial charge is 0.242 e. The summed E-state index contributed by atoms with van der Waals surface area (Å²) < 4.78 is 14.5. The van der Waals surface area contributed by atoms with E-state index in [1.807, 2.05) is 13.8 Å². The first-order chi connectivity index (χ1) is 11.6. The van der Waals surface area contributed by atoms with Crippen molar-refractivity contribution in [2.24, 2.45) is 5.41 Å². The predicted octanol–water partition coefficient (Wildman–Crippen LogP) is 3.91. The minimum Gasteiger partial charge on any atom is -0.294 e. The van der Waals surface area contributed by atoms with Gasteiger partial charge in [0.15, 0.2) is 5.78 Å². The SMILES string of the molecule is CN(C)N1C(=O)C[C@@H](c2c(F)cccc2Cl)C2=C1CC(C)(C)CC2=O. The van der Waals surface area contributed by atoms with Crippen LogP contribution in [0.1, 0.15) is 44.6 Å². The predicted molar refractivity (Wildman–Crippen MR) is 94.3 cm³/mol. The third-order valence-corrected chi connectivity index (χ3v) is 5.19. The Hall–Kier alpha value is -1.72. The fourth-order valence-corrected chi connectivity index (χ4v) is 4.25. The molecule has 0 bridgehead atoms.